The number of likely N-dealkylation sites (tertiary alicyclic amines) is 1. The van der Waals surface area contributed by atoms with E-state index in [0.29, 0.717) is 22.8 Å². The van der Waals surface area contributed by atoms with E-state index in [2.05, 4.69) is 55.6 Å². The van der Waals surface area contributed by atoms with Gasteiger partial charge in [-0.3, -0.25) is 9.69 Å². The third-order valence-electron chi connectivity index (χ3n) is 9.19. The number of carbonyl (C=O) groups is 1. The Morgan fingerprint density at radius 3 is 2.60 bits per heavy atom. The van der Waals surface area contributed by atoms with Crippen molar-refractivity contribution in [3.8, 4) is 23.3 Å². The zero-order chi connectivity index (χ0) is 24.8. The molecular weight excluding hydrogens is 458 g/mol. The van der Waals surface area contributed by atoms with Gasteiger partial charge in [0.1, 0.15) is 0 Å². The van der Waals surface area contributed by atoms with Crippen molar-refractivity contribution in [2.45, 2.75) is 37.1 Å². The fourth-order valence-electron chi connectivity index (χ4n) is 8.10. The number of ether oxygens (including phenoxy) is 4. The van der Waals surface area contributed by atoms with Crippen molar-refractivity contribution in [3.63, 3.8) is 0 Å². The molecule has 0 N–H and O–H groups in total. The molecule has 1 spiro atoms. The van der Waals surface area contributed by atoms with Crippen molar-refractivity contribution in [1.29, 1.82) is 0 Å². The van der Waals surface area contributed by atoms with Gasteiger partial charge < -0.3 is 18.9 Å². The van der Waals surface area contributed by atoms with Crippen LogP contribution in [0.3, 0.4) is 0 Å². The van der Waals surface area contributed by atoms with Crippen LogP contribution in [0.4, 0.5) is 0 Å². The summed E-state index contributed by atoms with van der Waals surface area (Å²) in [6, 6.07) is 5.79. The first-order chi connectivity index (χ1) is 16.7. The Morgan fingerprint density at radius 2 is 1.89 bits per heavy atom. The van der Waals surface area contributed by atoms with Crippen LogP contribution in [-0.4, -0.2) is 58.9 Å². The van der Waals surface area contributed by atoms with Gasteiger partial charge in [-0.15, -0.1) is 0 Å². The standard InChI is InChI=1S/C28H33NO5Si/c1-29-14-13-27-19-9-8-18(25(19)35(4,5)6)22(27)23(30)24(31-2)26(32-3)28(27,29)12-11-17-7-10-20-21(15-17)34-16-33-20/h7-10,15,18-19,22,25H,13-14,16H2,1-6H3/t18-,19-,22-,25-,27-,28+/m1/s1. The number of ketones is 1. The summed E-state index contributed by atoms with van der Waals surface area (Å²) >= 11 is 0. The number of Topliss-reactive ketones (excluding diaryl/α,β-unsaturated/α-hetero) is 1. The Kier molecular flexibility index (Phi) is 4.81. The first-order valence-electron chi connectivity index (χ1n) is 12.4. The molecule has 1 saturated heterocycles. The van der Waals surface area contributed by atoms with Crippen molar-refractivity contribution in [1.82, 2.24) is 4.90 Å². The van der Waals surface area contributed by atoms with Gasteiger partial charge >= 0.3 is 0 Å². The Balaban J connectivity index is 1.60. The van der Waals surface area contributed by atoms with E-state index in [9.17, 15) is 4.79 Å². The summed E-state index contributed by atoms with van der Waals surface area (Å²) in [5, 5.41) is 0. The van der Waals surface area contributed by atoms with E-state index in [-0.39, 0.29) is 35.7 Å². The maximum atomic E-state index is 14.1. The van der Waals surface area contributed by atoms with Gasteiger partial charge in [-0.1, -0.05) is 43.6 Å². The normalized spacial score (nSPS) is 36.7. The number of nitrogens with zero attached hydrogens (tertiary/aromatic N) is 1. The summed E-state index contributed by atoms with van der Waals surface area (Å²) < 4.78 is 22.9. The van der Waals surface area contributed by atoms with Crippen LogP contribution in [0, 0.1) is 35.0 Å². The van der Waals surface area contributed by atoms with Crippen LogP contribution < -0.4 is 9.47 Å². The van der Waals surface area contributed by atoms with Crippen LogP contribution in [0.2, 0.25) is 25.2 Å². The van der Waals surface area contributed by atoms with Crippen molar-refractivity contribution < 1.29 is 23.7 Å². The monoisotopic (exact) mass is 491 g/mol. The molecule has 6 nitrogen and oxygen atoms in total. The number of allylic oxidation sites excluding steroid dienone is 3. The molecule has 2 bridgehead atoms. The van der Waals surface area contributed by atoms with Gasteiger partial charge in [0.15, 0.2) is 22.8 Å². The summed E-state index contributed by atoms with van der Waals surface area (Å²) in [6.07, 6.45) is 5.63. The summed E-state index contributed by atoms with van der Waals surface area (Å²) in [5.74, 6) is 9.94. The fourth-order valence-corrected chi connectivity index (χ4v) is 11.0. The SMILES string of the molecule is COC1=C(OC)[C@]2(C#Cc3ccc4c(c3)OCO4)N(C)CC[C@]23[C@@H]2C=C[C@@H]([C@H]2[Si](C)(C)C)[C@@H]3C1=O. The van der Waals surface area contributed by atoms with Gasteiger partial charge in [0.25, 0.3) is 0 Å². The number of methoxy groups -OCH3 is 2. The van der Waals surface area contributed by atoms with Crippen molar-refractivity contribution in [2.24, 2.45) is 23.2 Å². The van der Waals surface area contributed by atoms with Crippen LogP contribution in [0.5, 0.6) is 11.5 Å². The van der Waals surface area contributed by atoms with E-state index < -0.39 is 13.6 Å². The molecule has 35 heavy (non-hydrogen) atoms. The van der Waals surface area contributed by atoms with Gasteiger partial charge in [0, 0.05) is 31.5 Å². The quantitative estimate of drug-likeness (QED) is 0.361. The molecule has 1 saturated carbocycles. The summed E-state index contributed by atoms with van der Waals surface area (Å²) in [6.45, 7) is 8.38. The number of carbonyl (C=O) groups excluding carboxylic acids is 1. The van der Waals surface area contributed by atoms with Gasteiger partial charge in [0.2, 0.25) is 18.3 Å². The lowest BCUT2D eigenvalue weighted by Crippen LogP contribution is -2.63. The van der Waals surface area contributed by atoms with Crippen LogP contribution in [0.15, 0.2) is 41.9 Å². The molecule has 0 radical (unpaired) electrons. The minimum atomic E-state index is -1.60. The van der Waals surface area contributed by atoms with Crippen LogP contribution >= 0.6 is 0 Å². The second-order valence-electron chi connectivity index (χ2n) is 11.5. The van der Waals surface area contributed by atoms with Gasteiger partial charge in [0.05, 0.1) is 14.2 Å². The number of likely N-dealkylation sites (N-methyl/N-ethyl adjacent to an activating group) is 1. The second-order valence-corrected chi connectivity index (χ2v) is 16.9. The van der Waals surface area contributed by atoms with Gasteiger partial charge in [-0.25, -0.2) is 0 Å². The lowest BCUT2D eigenvalue weighted by atomic mass is 9.53. The van der Waals surface area contributed by atoms with Crippen molar-refractivity contribution in [3.05, 3.63) is 47.4 Å². The van der Waals surface area contributed by atoms with Gasteiger partial charge in [-0.2, -0.15) is 0 Å². The predicted octanol–water partition coefficient (Wildman–Crippen LogP) is 4.06. The molecule has 3 aliphatic carbocycles. The highest BCUT2D eigenvalue weighted by Crippen LogP contribution is 2.75. The van der Waals surface area contributed by atoms with Crippen LogP contribution in [0.25, 0.3) is 0 Å². The average Bonchev–Trinajstić information content (AvgIpc) is 3.58. The van der Waals surface area contributed by atoms with E-state index in [0.717, 1.165) is 24.3 Å². The largest absolute Gasteiger partial charge is 0.494 e. The molecule has 0 unspecified atom stereocenters. The van der Waals surface area contributed by atoms with E-state index in [4.69, 9.17) is 18.9 Å². The number of hydrogen-bond acceptors (Lipinski definition) is 6. The smallest absolute Gasteiger partial charge is 0.231 e. The number of hydrogen-bond donors (Lipinski definition) is 0. The van der Waals surface area contributed by atoms with E-state index in [1.165, 1.54) is 0 Å². The Labute approximate surface area is 208 Å². The zero-order valence-corrected chi connectivity index (χ0v) is 22.3. The Morgan fingerprint density at radius 1 is 1.11 bits per heavy atom. The molecule has 5 aliphatic rings. The molecule has 0 amide bonds. The molecule has 7 heteroatoms. The zero-order valence-electron chi connectivity index (χ0n) is 21.3. The number of rotatable bonds is 3. The summed E-state index contributed by atoms with van der Waals surface area (Å²) in [4.78, 5) is 16.4. The summed E-state index contributed by atoms with van der Waals surface area (Å²) in [5.41, 5.74) is 0.232. The average molecular weight is 492 g/mol. The molecule has 1 aromatic rings. The minimum Gasteiger partial charge on any atom is -0.494 e. The third kappa shape index (κ3) is 2.67. The summed E-state index contributed by atoms with van der Waals surface area (Å²) in [7, 11) is 3.73. The van der Waals surface area contributed by atoms with E-state index >= 15 is 0 Å². The number of fused-ring (bicyclic) bond motifs is 4. The van der Waals surface area contributed by atoms with Crippen molar-refractivity contribution in [2.75, 3.05) is 34.6 Å². The first-order valence-corrected chi connectivity index (χ1v) is 16.0. The van der Waals surface area contributed by atoms with Crippen LogP contribution in [-0.2, 0) is 14.3 Å². The first kappa shape index (κ1) is 22.8. The molecule has 6 atom stereocenters. The molecule has 2 heterocycles. The molecule has 0 aromatic heterocycles. The fraction of sp³-hybridized carbons (Fsp3) is 0.536. The number of benzene rings is 1. The lowest BCUT2D eigenvalue weighted by molar-refractivity contribution is -0.133. The Bertz CT molecular complexity index is 1240. The van der Waals surface area contributed by atoms with E-state index in [1.54, 1.807) is 14.2 Å². The highest BCUT2D eigenvalue weighted by atomic mass is 28.3. The van der Waals surface area contributed by atoms with Crippen molar-refractivity contribution >= 4 is 13.9 Å². The molecule has 2 fully saturated rings. The third-order valence-corrected chi connectivity index (χ3v) is 11.9. The lowest BCUT2D eigenvalue weighted by Gasteiger charge is -2.53. The minimum absolute atomic E-state index is 0.0836. The highest BCUT2D eigenvalue weighted by molar-refractivity contribution is 6.78. The molecular formula is C28H33NO5Si. The maximum absolute atomic E-state index is 14.1. The second kappa shape index (κ2) is 7.41. The highest BCUT2D eigenvalue weighted by Gasteiger charge is 2.79. The van der Waals surface area contributed by atoms with Gasteiger partial charge in [-0.05, 0) is 49.0 Å². The molecule has 1 aromatic carbocycles. The topological polar surface area (TPSA) is 57.2 Å². The van der Waals surface area contributed by atoms with Crippen LogP contribution in [0.1, 0.15) is 12.0 Å². The Hall–Kier alpha value is -2.69. The molecule has 2 aliphatic heterocycles. The molecule has 6 rings (SSSR count). The maximum Gasteiger partial charge on any atom is 0.231 e. The predicted molar refractivity (Wildman–Crippen MR) is 135 cm³/mol. The van der Waals surface area contributed by atoms with E-state index in [1.807, 2.05) is 18.2 Å². The molecule has 184 valence electrons.